The van der Waals surface area contributed by atoms with Crippen molar-refractivity contribution in [2.75, 3.05) is 11.9 Å². The molecule has 2 rings (SSSR count). The second-order valence-electron chi connectivity index (χ2n) is 5.32. The molecule has 3 N–H and O–H groups in total. The Morgan fingerprint density at radius 1 is 1.42 bits per heavy atom. The Balaban J connectivity index is 1.98. The van der Waals surface area contributed by atoms with Gasteiger partial charge >= 0.3 is 0 Å². The number of rotatable bonds is 4. The molecule has 5 heteroatoms. The lowest BCUT2D eigenvalue weighted by molar-refractivity contribution is -0.118. The second kappa shape index (κ2) is 6.35. The summed E-state index contributed by atoms with van der Waals surface area (Å²) in [6.07, 6.45) is 7.70. The van der Waals surface area contributed by atoms with Crippen molar-refractivity contribution in [1.82, 2.24) is 4.98 Å². The highest BCUT2D eigenvalue weighted by molar-refractivity contribution is 6.33. The predicted octanol–water partition coefficient (Wildman–Crippen LogP) is 2.97. The minimum atomic E-state index is -0.0482. The minimum absolute atomic E-state index is 0.0381. The molecule has 1 fully saturated rings. The number of hydrogen-bond donors (Lipinski definition) is 2. The molecule has 0 aromatic carbocycles. The fourth-order valence-electron chi connectivity index (χ4n) is 2.75. The van der Waals surface area contributed by atoms with Crippen LogP contribution >= 0.6 is 11.6 Å². The van der Waals surface area contributed by atoms with E-state index < -0.39 is 0 Å². The molecule has 1 aliphatic carbocycles. The number of amides is 1. The van der Waals surface area contributed by atoms with Crippen LogP contribution in [0.25, 0.3) is 0 Å². The second-order valence-corrected chi connectivity index (χ2v) is 5.73. The predicted molar refractivity (Wildman–Crippen MR) is 77.1 cm³/mol. The highest BCUT2D eigenvalue weighted by atomic mass is 35.5. The summed E-state index contributed by atoms with van der Waals surface area (Å²) in [5, 5.41) is 3.24. The maximum absolute atomic E-state index is 12.1. The Morgan fingerprint density at radius 3 is 2.79 bits per heavy atom. The van der Waals surface area contributed by atoms with E-state index in [1.54, 1.807) is 18.3 Å². The van der Waals surface area contributed by atoms with Crippen LogP contribution < -0.4 is 11.1 Å². The molecule has 1 saturated carbocycles. The van der Waals surface area contributed by atoms with Gasteiger partial charge in [0.1, 0.15) is 0 Å². The van der Waals surface area contributed by atoms with Gasteiger partial charge in [0.2, 0.25) is 5.91 Å². The van der Waals surface area contributed by atoms with Gasteiger partial charge in [-0.2, -0.15) is 0 Å². The summed E-state index contributed by atoms with van der Waals surface area (Å²) in [4.78, 5) is 16.2. The van der Waals surface area contributed by atoms with Gasteiger partial charge in [-0.1, -0.05) is 30.9 Å². The van der Waals surface area contributed by atoms with Gasteiger partial charge in [0, 0.05) is 12.6 Å². The first-order valence-corrected chi connectivity index (χ1v) is 7.13. The number of anilines is 1. The van der Waals surface area contributed by atoms with Crippen LogP contribution in [0, 0.1) is 5.41 Å². The van der Waals surface area contributed by atoms with E-state index in [1.807, 2.05) is 0 Å². The molecule has 0 aliphatic heterocycles. The first-order valence-electron chi connectivity index (χ1n) is 6.76. The number of hydrogen-bond acceptors (Lipinski definition) is 3. The topological polar surface area (TPSA) is 68.0 Å². The molecule has 0 unspecified atom stereocenters. The lowest BCUT2D eigenvalue weighted by Gasteiger charge is -2.35. The van der Waals surface area contributed by atoms with Crippen molar-refractivity contribution < 1.29 is 4.79 Å². The third kappa shape index (κ3) is 3.67. The Morgan fingerprint density at radius 2 is 2.16 bits per heavy atom. The number of nitrogens with one attached hydrogen (secondary N) is 1. The van der Waals surface area contributed by atoms with Crippen LogP contribution in [0.2, 0.25) is 5.02 Å². The number of nitrogens with zero attached hydrogens (tertiary/aromatic N) is 1. The van der Waals surface area contributed by atoms with Gasteiger partial charge < -0.3 is 11.1 Å². The van der Waals surface area contributed by atoms with Crippen LogP contribution in [0.15, 0.2) is 18.3 Å². The Labute approximate surface area is 118 Å². The molecule has 1 amide bonds. The Hall–Kier alpha value is -1.13. The molecule has 1 aromatic heterocycles. The van der Waals surface area contributed by atoms with Crippen LogP contribution in [-0.2, 0) is 4.79 Å². The fourth-order valence-corrected chi connectivity index (χ4v) is 2.92. The van der Waals surface area contributed by atoms with Crippen LogP contribution in [0.3, 0.4) is 0 Å². The molecule has 19 heavy (non-hydrogen) atoms. The Kier molecular flexibility index (Phi) is 4.77. The maximum Gasteiger partial charge on any atom is 0.226 e. The van der Waals surface area contributed by atoms with Crippen LogP contribution in [0.5, 0.6) is 0 Å². The SMILES string of the molecule is NCC1(CC(=O)Nc2ncccc2Cl)CCCCC1. The van der Waals surface area contributed by atoms with Gasteiger partial charge in [0.15, 0.2) is 5.82 Å². The molecule has 4 nitrogen and oxygen atoms in total. The van der Waals surface area contributed by atoms with Gasteiger partial charge in [0.25, 0.3) is 0 Å². The summed E-state index contributed by atoms with van der Waals surface area (Å²) in [6.45, 7) is 0.566. The number of aromatic nitrogens is 1. The molecule has 1 heterocycles. The van der Waals surface area contributed by atoms with E-state index in [-0.39, 0.29) is 11.3 Å². The minimum Gasteiger partial charge on any atom is -0.330 e. The average molecular weight is 282 g/mol. The lowest BCUT2D eigenvalue weighted by atomic mass is 9.71. The van der Waals surface area contributed by atoms with E-state index in [0.717, 1.165) is 25.7 Å². The van der Waals surface area contributed by atoms with Crippen molar-refractivity contribution in [1.29, 1.82) is 0 Å². The highest BCUT2D eigenvalue weighted by Crippen LogP contribution is 2.38. The van der Waals surface area contributed by atoms with E-state index in [1.165, 1.54) is 6.42 Å². The van der Waals surface area contributed by atoms with Crippen LogP contribution in [0.1, 0.15) is 38.5 Å². The molecular formula is C14H20ClN3O. The number of carbonyl (C=O) groups is 1. The lowest BCUT2D eigenvalue weighted by Crippen LogP contribution is -2.36. The quantitative estimate of drug-likeness (QED) is 0.891. The zero-order valence-corrected chi connectivity index (χ0v) is 11.7. The number of pyridine rings is 1. The Bertz CT molecular complexity index is 444. The highest BCUT2D eigenvalue weighted by Gasteiger charge is 2.33. The van der Waals surface area contributed by atoms with Gasteiger partial charge in [-0.25, -0.2) is 4.98 Å². The first kappa shape index (κ1) is 14.3. The molecule has 1 aliphatic rings. The van der Waals surface area contributed by atoms with Gasteiger partial charge in [-0.05, 0) is 36.9 Å². The average Bonchev–Trinajstić information content (AvgIpc) is 2.42. The maximum atomic E-state index is 12.1. The zero-order chi connectivity index (χ0) is 13.7. The molecule has 1 aromatic rings. The molecule has 0 saturated heterocycles. The van der Waals surface area contributed by atoms with Crippen molar-refractivity contribution in [2.24, 2.45) is 11.1 Å². The van der Waals surface area contributed by atoms with Crippen molar-refractivity contribution in [3.63, 3.8) is 0 Å². The number of nitrogens with two attached hydrogens (primary N) is 1. The molecule has 104 valence electrons. The van der Waals surface area contributed by atoms with E-state index >= 15 is 0 Å². The summed E-state index contributed by atoms with van der Waals surface area (Å²) < 4.78 is 0. The van der Waals surface area contributed by atoms with Gasteiger partial charge in [0.05, 0.1) is 5.02 Å². The monoisotopic (exact) mass is 281 g/mol. The molecule has 0 bridgehead atoms. The fraction of sp³-hybridized carbons (Fsp3) is 0.571. The normalized spacial score (nSPS) is 18.0. The standard InChI is InChI=1S/C14H20ClN3O/c15-11-5-4-8-17-13(11)18-12(19)9-14(10-16)6-2-1-3-7-14/h4-5,8H,1-3,6-7,9-10,16H2,(H,17,18,19). The zero-order valence-electron chi connectivity index (χ0n) is 11.0. The van der Waals surface area contributed by atoms with Crippen molar-refractivity contribution in [3.05, 3.63) is 23.4 Å². The van der Waals surface area contributed by atoms with Crippen LogP contribution in [0.4, 0.5) is 5.82 Å². The van der Waals surface area contributed by atoms with E-state index in [2.05, 4.69) is 10.3 Å². The molecule has 0 atom stereocenters. The molecule has 0 radical (unpaired) electrons. The third-order valence-electron chi connectivity index (χ3n) is 3.90. The summed E-state index contributed by atoms with van der Waals surface area (Å²) in [7, 11) is 0. The molecular weight excluding hydrogens is 262 g/mol. The third-order valence-corrected chi connectivity index (χ3v) is 4.20. The van der Waals surface area contributed by atoms with Crippen LogP contribution in [-0.4, -0.2) is 17.4 Å². The van der Waals surface area contributed by atoms with Crippen molar-refractivity contribution >= 4 is 23.3 Å². The summed E-state index contributed by atoms with van der Waals surface area (Å²) in [5.41, 5.74) is 5.85. The number of halogens is 1. The van der Waals surface area contributed by atoms with E-state index in [9.17, 15) is 4.79 Å². The summed E-state index contributed by atoms with van der Waals surface area (Å²) in [5.74, 6) is 0.380. The van der Waals surface area contributed by atoms with Crippen molar-refractivity contribution in [3.8, 4) is 0 Å². The van der Waals surface area contributed by atoms with E-state index in [0.29, 0.717) is 23.8 Å². The van der Waals surface area contributed by atoms with E-state index in [4.69, 9.17) is 17.3 Å². The number of carbonyl (C=O) groups excluding carboxylic acids is 1. The van der Waals surface area contributed by atoms with Gasteiger partial charge in [-0.3, -0.25) is 4.79 Å². The summed E-state index contributed by atoms with van der Waals surface area (Å²) >= 11 is 5.98. The van der Waals surface area contributed by atoms with Gasteiger partial charge in [-0.15, -0.1) is 0 Å². The van der Waals surface area contributed by atoms with Crippen molar-refractivity contribution in [2.45, 2.75) is 38.5 Å². The largest absolute Gasteiger partial charge is 0.330 e. The molecule has 0 spiro atoms. The smallest absolute Gasteiger partial charge is 0.226 e. The first-order chi connectivity index (χ1) is 9.15. The summed E-state index contributed by atoms with van der Waals surface area (Å²) in [6, 6.07) is 3.45.